The number of sulfonamides is 1. The molecule has 0 radical (unpaired) electrons. The maximum atomic E-state index is 13.5. The zero-order chi connectivity index (χ0) is 12.5. The highest BCUT2D eigenvalue weighted by Crippen LogP contribution is 2.24. The first-order chi connectivity index (χ1) is 8.01. The van der Waals surface area contributed by atoms with E-state index in [9.17, 15) is 12.8 Å². The van der Waals surface area contributed by atoms with Crippen molar-refractivity contribution in [1.29, 1.82) is 0 Å². The maximum Gasteiger partial charge on any atom is 0.245 e. The molecule has 6 heteroatoms. The van der Waals surface area contributed by atoms with Crippen molar-refractivity contribution in [3.05, 3.63) is 30.1 Å². The molecular weight excluding hydrogens is 265 g/mol. The van der Waals surface area contributed by atoms with Crippen LogP contribution in [-0.2, 0) is 10.0 Å². The van der Waals surface area contributed by atoms with E-state index < -0.39 is 15.8 Å². The molecule has 1 aromatic carbocycles. The molecule has 0 atom stereocenters. The van der Waals surface area contributed by atoms with E-state index in [0.29, 0.717) is 25.9 Å². The molecule has 1 aromatic rings. The van der Waals surface area contributed by atoms with Crippen LogP contribution >= 0.6 is 11.6 Å². The first-order valence-corrected chi connectivity index (χ1v) is 7.28. The van der Waals surface area contributed by atoms with E-state index in [1.54, 1.807) is 0 Å². The minimum atomic E-state index is -3.72. The van der Waals surface area contributed by atoms with E-state index >= 15 is 0 Å². The predicted molar refractivity (Wildman–Crippen MR) is 64.0 cm³/mol. The number of nitrogens with zero attached hydrogens (tertiary/aromatic N) is 1. The smallest absolute Gasteiger partial charge is 0.207 e. The Kier molecular flexibility index (Phi) is 3.70. The van der Waals surface area contributed by atoms with Crippen molar-refractivity contribution in [1.82, 2.24) is 4.31 Å². The van der Waals surface area contributed by atoms with Gasteiger partial charge in [-0.15, -0.1) is 11.6 Å². The van der Waals surface area contributed by atoms with Gasteiger partial charge in [-0.3, -0.25) is 0 Å². The SMILES string of the molecule is O=S(=O)(c1ccccc1F)N1CCC(Cl)CC1. The minimum Gasteiger partial charge on any atom is -0.207 e. The molecule has 94 valence electrons. The summed E-state index contributed by atoms with van der Waals surface area (Å²) in [4.78, 5) is -0.256. The summed E-state index contributed by atoms with van der Waals surface area (Å²) in [5, 5.41) is 0.0158. The van der Waals surface area contributed by atoms with Gasteiger partial charge in [0.1, 0.15) is 10.7 Å². The van der Waals surface area contributed by atoms with Crippen molar-refractivity contribution >= 4 is 21.6 Å². The third kappa shape index (κ3) is 2.61. The molecule has 0 aliphatic carbocycles. The van der Waals surface area contributed by atoms with Gasteiger partial charge in [-0.25, -0.2) is 12.8 Å². The molecule has 0 saturated carbocycles. The topological polar surface area (TPSA) is 37.4 Å². The predicted octanol–water partition coefficient (Wildman–Crippen LogP) is 2.22. The van der Waals surface area contributed by atoms with Gasteiger partial charge in [0.05, 0.1) is 0 Å². The van der Waals surface area contributed by atoms with Crippen LogP contribution in [0.5, 0.6) is 0 Å². The summed E-state index contributed by atoms with van der Waals surface area (Å²) in [6.07, 6.45) is 1.21. The van der Waals surface area contributed by atoms with Gasteiger partial charge in [-0.1, -0.05) is 12.1 Å². The van der Waals surface area contributed by atoms with E-state index in [1.807, 2.05) is 0 Å². The Morgan fingerprint density at radius 2 is 1.82 bits per heavy atom. The van der Waals surface area contributed by atoms with Gasteiger partial charge in [0.15, 0.2) is 0 Å². The quantitative estimate of drug-likeness (QED) is 0.778. The Labute approximate surface area is 105 Å². The lowest BCUT2D eigenvalue weighted by molar-refractivity contribution is 0.348. The van der Waals surface area contributed by atoms with Gasteiger partial charge in [0.25, 0.3) is 0 Å². The molecule has 0 bridgehead atoms. The summed E-state index contributed by atoms with van der Waals surface area (Å²) in [6.45, 7) is 0.704. The molecule has 0 unspecified atom stereocenters. The Bertz CT molecular complexity index is 498. The third-order valence-corrected chi connectivity index (χ3v) is 5.21. The van der Waals surface area contributed by atoms with E-state index in [2.05, 4.69) is 0 Å². The Morgan fingerprint density at radius 3 is 2.41 bits per heavy atom. The highest BCUT2D eigenvalue weighted by Gasteiger charge is 2.30. The second kappa shape index (κ2) is 4.92. The Morgan fingerprint density at radius 1 is 1.24 bits per heavy atom. The lowest BCUT2D eigenvalue weighted by Crippen LogP contribution is -2.39. The van der Waals surface area contributed by atoms with Crippen LogP contribution in [0.25, 0.3) is 0 Å². The molecule has 1 aliphatic heterocycles. The fourth-order valence-electron chi connectivity index (χ4n) is 1.86. The largest absolute Gasteiger partial charge is 0.245 e. The average Bonchev–Trinajstić information content (AvgIpc) is 2.30. The van der Waals surface area contributed by atoms with Crippen LogP contribution in [-0.4, -0.2) is 31.2 Å². The monoisotopic (exact) mass is 277 g/mol. The number of rotatable bonds is 2. The summed E-state index contributed by atoms with van der Waals surface area (Å²) in [5.74, 6) is -0.708. The fourth-order valence-corrected chi connectivity index (χ4v) is 3.59. The van der Waals surface area contributed by atoms with Crippen molar-refractivity contribution in [2.45, 2.75) is 23.1 Å². The van der Waals surface area contributed by atoms with Gasteiger partial charge >= 0.3 is 0 Å². The third-order valence-electron chi connectivity index (χ3n) is 2.84. The Hall–Kier alpha value is -0.650. The molecule has 1 aliphatic rings. The van der Waals surface area contributed by atoms with Crippen molar-refractivity contribution in [2.24, 2.45) is 0 Å². The van der Waals surface area contributed by atoms with Crippen LogP contribution in [0.15, 0.2) is 29.2 Å². The first kappa shape index (κ1) is 12.8. The summed E-state index contributed by atoms with van der Waals surface area (Å²) in [7, 11) is -3.72. The van der Waals surface area contributed by atoms with Gasteiger partial charge in [-0.2, -0.15) is 4.31 Å². The molecule has 17 heavy (non-hydrogen) atoms. The van der Waals surface area contributed by atoms with E-state index in [0.717, 1.165) is 6.07 Å². The number of alkyl halides is 1. The van der Waals surface area contributed by atoms with Crippen LogP contribution in [0.4, 0.5) is 4.39 Å². The molecule has 0 spiro atoms. The van der Waals surface area contributed by atoms with Crippen LogP contribution in [0, 0.1) is 5.82 Å². The molecule has 1 fully saturated rings. The minimum absolute atomic E-state index is 0.0158. The van der Waals surface area contributed by atoms with Crippen molar-refractivity contribution < 1.29 is 12.8 Å². The van der Waals surface area contributed by atoms with Gasteiger partial charge in [0, 0.05) is 18.5 Å². The van der Waals surface area contributed by atoms with E-state index in [1.165, 1.54) is 22.5 Å². The number of hydrogen-bond donors (Lipinski definition) is 0. The number of halogens is 2. The lowest BCUT2D eigenvalue weighted by Gasteiger charge is -2.28. The molecule has 2 rings (SSSR count). The van der Waals surface area contributed by atoms with Crippen molar-refractivity contribution in [3.63, 3.8) is 0 Å². The van der Waals surface area contributed by atoms with Crippen LogP contribution in [0.3, 0.4) is 0 Å². The molecular formula is C11H13ClFNO2S. The van der Waals surface area contributed by atoms with Gasteiger partial charge in [-0.05, 0) is 25.0 Å². The molecule has 0 amide bonds. The van der Waals surface area contributed by atoms with E-state index in [4.69, 9.17) is 11.6 Å². The summed E-state index contributed by atoms with van der Waals surface area (Å²) in [6, 6.07) is 5.43. The van der Waals surface area contributed by atoms with Crippen LogP contribution in [0.1, 0.15) is 12.8 Å². The van der Waals surface area contributed by atoms with Crippen LogP contribution in [0.2, 0.25) is 0 Å². The molecule has 1 heterocycles. The summed E-state index contributed by atoms with van der Waals surface area (Å²) in [5.41, 5.74) is 0. The number of piperidine rings is 1. The second-order valence-corrected chi connectivity index (χ2v) is 6.53. The first-order valence-electron chi connectivity index (χ1n) is 5.40. The van der Waals surface area contributed by atoms with Gasteiger partial charge < -0.3 is 0 Å². The van der Waals surface area contributed by atoms with Crippen LogP contribution < -0.4 is 0 Å². The standard InChI is InChI=1S/C11H13ClFNO2S/c12-9-5-7-14(8-6-9)17(15,16)11-4-2-1-3-10(11)13/h1-4,9H,5-8H2. The van der Waals surface area contributed by atoms with Crippen molar-refractivity contribution in [2.75, 3.05) is 13.1 Å². The second-order valence-electron chi connectivity index (χ2n) is 4.01. The lowest BCUT2D eigenvalue weighted by atomic mass is 10.2. The van der Waals surface area contributed by atoms with Crippen molar-refractivity contribution in [3.8, 4) is 0 Å². The molecule has 0 aromatic heterocycles. The zero-order valence-electron chi connectivity index (χ0n) is 9.14. The average molecular weight is 278 g/mol. The number of benzene rings is 1. The zero-order valence-corrected chi connectivity index (χ0v) is 10.7. The summed E-state index contributed by atoms with van der Waals surface area (Å²) < 4.78 is 39.1. The molecule has 3 nitrogen and oxygen atoms in total. The molecule has 0 N–H and O–H groups in total. The highest BCUT2D eigenvalue weighted by atomic mass is 35.5. The normalized spacial score (nSPS) is 19.4. The summed E-state index contributed by atoms with van der Waals surface area (Å²) >= 11 is 5.91. The maximum absolute atomic E-state index is 13.5. The van der Waals surface area contributed by atoms with Gasteiger partial charge in [0.2, 0.25) is 10.0 Å². The molecule has 1 saturated heterocycles. The fraction of sp³-hybridized carbons (Fsp3) is 0.455. The highest BCUT2D eigenvalue weighted by molar-refractivity contribution is 7.89. The van der Waals surface area contributed by atoms with E-state index in [-0.39, 0.29) is 10.3 Å². The number of hydrogen-bond acceptors (Lipinski definition) is 2. The Balaban J connectivity index is 2.28.